The lowest BCUT2D eigenvalue weighted by molar-refractivity contribution is -0.161. The Labute approximate surface area is 579 Å². The molecule has 17 nitrogen and oxygen atoms in total. The van der Waals surface area contributed by atoms with Crippen LogP contribution in [0.5, 0.6) is 0 Å². The number of phosphoric acid groups is 2. The normalized spacial score (nSPS) is 14.9. The summed E-state index contributed by atoms with van der Waals surface area (Å²) in [7, 11) is -10.0. The van der Waals surface area contributed by atoms with Crippen molar-refractivity contribution in [2.45, 2.75) is 277 Å². The molecule has 0 saturated carbocycles. The monoisotopic (exact) mass is 1380 g/mol. The van der Waals surface area contributed by atoms with E-state index in [-0.39, 0.29) is 25.7 Å². The lowest BCUT2D eigenvalue weighted by Gasteiger charge is -2.21. The highest BCUT2D eigenvalue weighted by Gasteiger charge is 2.30. The summed E-state index contributed by atoms with van der Waals surface area (Å²) in [5.41, 5.74) is 0. The standard InChI is InChI=1S/C77H126O17P2/c1-5-9-13-17-21-25-29-33-35-39-41-45-49-53-57-61-74(79)87-67-72(93-76(81)63-59-55-51-47-43-37-31-27-23-19-15-11-7-3)69-91-95(83,84)89-65-71(78)66-90-96(85,86)92-70-73(94-77(82)64-60-56-52-48-44-38-32-28-24-20-16-12-8-4)68-88-75(80)62-58-54-50-46-42-40-36-34-30-26-22-18-14-10-6-2/h9-10,13-15,19,21-22,25-27,31,33-36,41-42,45-46,53-54,57-58,71-73,78H,5-8,11-12,16-18,20,23-24,28-30,32,37-40,43-44,47-52,55-56,59-70H2,1-4H3,(H,83,84)(H,85,86)/b13-9-,14-10-,19-15-,25-21-,26-22-,31-27-,35-33-,36-34-,45-41-,46-42-,57-53-,58-54-. The Kier molecular flexibility index (Phi) is 64.9. The number of carbonyl (C=O) groups excluding carboxylic acids is 4. The molecule has 0 aromatic rings. The molecule has 0 aliphatic carbocycles. The third kappa shape index (κ3) is 67.5. The van der Waals surface area contributed by atoms with Crippen molar-refractivity contribution < 1.29 is 80.2 Å². The highest BCUT2D eigenvalue weighted by atomic mass is 31.2. The van der Waals surface area contributed by atoms with Crippen LogP contribution in [0, 0.1) is 0 Å². The molecule has 19 heteroatoms. The molecule has 0 saturated heterocycles. The van der Waals surface area contributed by atoms with Crippen LogP contribution in [0.15, 0.2) is 146 Å². The number of carbonyl (C=O) groups is 4. The Morgan fingerprint density at radius 2 is 0.594 bits per heavy atom. The summed E-state index contributed by atoms with van der Waals surface area (Å²) in [4.78, 5) is 72.5. The molecule has 0 aromatic heterocycles. The minimum Gasteiger partial charge on any atom is -0.461 e. The van der Waals surface area contributed by atoms with Crippen LogP contribution in [-0.4, -0.2) is 96.7 Å². The molecule has 0 radical (unpaired) electrons. The van der Waals surface area contributed by atoms with Crippen LogP contribution >= 0.6 is 15.6 Å². The summed E-state index contributed by atoms with van der Waals surface area (Å²) < 4.78 is 68.0. The van der Waals surface area contributed by atoms with E-state index >= 15 is 0 Å². The number of unbranched alkanes of at least 4 members (excludes halogenated alkanes) is 18. The van der Waals surface area contributed by atoms with Crippen LogP contribution in [0.1, 0.15) is 259 Å². The first-order valence-corrected chi connectivity index (χ1v) is 39.1. The fraction of sp³-hybridized carbons (Fsp3) is 0.636. The van der Waals surface area contributed by atoms with Crippen molar-refractivity contribution in [3.8, 4) is 0 Å². The zero-order chi connectivity index (χ0) is 70.4. The van der Waals surface area contributed by atoms with Gasteiger partial charge < -0.3 is 33.8 Å². The molecule has 546 valence electrons. The zero-order valence-corrected chi connectivity index (χ0v) is 61.0. The van der Waals surface area contributed by atoms with Gasteiger partial charge >= 0.3 is 39.5 Å². The van der Waals surface area contributed by atoms with E-state index in [9.17, 15) is 43.2 Å². The van der Waals surface area contributed by atoms with Crippen LogP contribution in [0.2, 0.25) is 0 Å². The van der Waals surface area contributed by atoms with Gasteiger partial charge in [-0.15, -0.1) is 0 Å². The van der Waals surface area contributed by atoms with Crippen molar-refractivity contribution >= 4 is 39.5 Å². The van der Waals surface area contributed by atoms with Gasteiger partial charge in [0, 0.05) is 12.8 Å². The van der Waals surface area contributed by atoms with Gasteiger partial charge in [-0.25, -0.2) is 9.13 Å². The molecule has 0 aromatic carbocycles. The first-order chi connectivity index (χ1) is 46.7. The smallest absolute Gasteiger partial charge is 0.461 e. The number of allylic oxidation sites excluding steroid dienone is 22. The van der Waals surface area contributed by atoms with Crippen molar-refractivity contribution in [1.29, 1.82) is 0 Å². The van der Waals surface area contributed by atoms with Crippen LogP contribution in [0.3, 0.4) is 0 Å². The average Bonchev–Trinajstić information content (AvgIpc) is 1.14. The summed E-state index contributed by atoms with van der Waals surface area (Å²) in [6.45, 7) is 4.30. The molecule has 0 aliphatic rings. The van der Waals surface area contributed by atoms with E-state index in [2.05, 4.69) is 125 Å². The molecule has 0 rings (SSSR count). The molecule has 0 bridgehead atoms. The fourth-order valence-electron chi connectivity index (χ4n) is 8.93. The predicted octanol–water partition coefficient (Wildman–Crippen LogP) is 20.3. The van der Waals surface area contributed by atoms with E-state index in [1.54, 1.807) is 12.2 Å². The van der Waals surface area contributed by atoms with E-state index < -0.39 is 97.5 Å². The van der Waals surface area contributed by atoms with Gasteiger partial charge in [-0.3, -0.25) is 37.3 Å². The Hall–Kier alpha value is -5.06. The lowest BCUT2D eigenvalue weighted by Crippen LogP contribution is -2.30. The fourth-order valence-corrected chi connectivity index (χ4v) is 10.5. The quantitative estimate of drug-likeness (QED) is 0.0169. The van der Waals surface area contributed by atoms with E-state index in [4.69, 9.17) is 37.0 Å². The number of hydrogen-bond acceptors (Lipinski definition) is 15. The summed E-state index contributed by atoms with van der Waals surface area (Å²) >= 11 is 0. The third-order valence-electron chi connectivity index (χ3n) is 14.3. The number of esters is 4. The van der Waals surface area contributed by atoms with Gasteiger partial charge in [-0.2, -0.15) is 0 Å². The average molecular weight is 1390 g/mol. The summed E-state index contributed by atoms with van der Waals surface area (Å²) in [5, 5.41) is 10.6. The Morgan fingerprint density at radius 3 is 0.927 bits per heavy atom. The maximum absolute atomic E-state index is 13.0. The Balaban J connectivity index is 5.49. The molecule has 0 aliphatic heterocycles. The Bertz CT molecular complexity index is 2400. The predicted molar refractivity (Wildman–Crippen MR) is 390 cm³/mol. The maximum atomic E-state index is 13.0. The minimum atomic E-state index is -5.00. The molecule has 0 fully saturated rings. The largest absolute Gasteiger partial charge is 0.472 e. The lowest BCUT2D eigenvalue weighted by atomic mass is 10.0. The number of phosphoric ester groups is 2. The SMILES string of the molecule is CC/C=C\C/C=C\C/C=C\C/C=C\C/C=C\CC(=O)OCC(COP(=O)(O)OCC(O)COP(=O)(O)OCC(COC(=O)C/C=C\C/C=C\C/C=C\C/C=C\C/C=C\CC)OC(=O)CCCCCCCCCCCCCCC)OC(=O)CCCCCCC/C=C\C/C=C\CCC. The molecular formula is C77H126O17P2. The molecule has 0 amide bonds. The van der Waals surface area contributed by atoms with Gasteiger partial charge in [0.2, 0.25) is 0 Å². The van der Waals surface area contributed by atoms with Gasteiger partial charge in [0.05, 0.1) is 39.3 Å². The second-order valence-electron chi connectivity index (χ2n) is 23.5. The van der Waals surface area contributed by atoms with Crippen LogP contribution in [-0.2, 0) is 65.4 Å². The van der Waals surface area contributed by atoms with E-state index in [1.165, 1.54) is 51.4 Å². The highest BCUT2D eigenvalue weighted by molar-refractivity contribution is 7.47. The first kappa shape index (κ1) is 90.9. The summed E-state index contributed by atoms with van der Waals surface area (Å²) in [6, 6.07) is 0. The minimum absolute atomic E-state index is 0.0532. The van der Waals surface area contributed by atoms with Crippen LogP contribution < -0.4 is 0 Å². The van der Waals surface area contributed by atoms with E-state index in [0.717, 1.165) is 128 Å². The maximum Gasteiger partial charge on any atom is 0.472 e. The second kappa shape index (κ2) is 68.5. The van der Waals surface area contributed by atoms with Gasteiger partial charge in [0.25, 0.3) is 0 Å². The molecule has 3 N–H and O–H groups in total. The van der Waals surface area contributed by atoms with Gasteiger partial charge in [0.15, 0.2) is 12.2 Å². The number of aliphatic hydroxyl groups excluding tert-OH is 1. The number of ether oxygens (including phenoxy) is 4. The third-order valence-corrected chi connectivity index (χ3v) is 16.2. The van der Waals surface area contributed by atoms with Crippen molar-refractivity contribution in [3.63, 3.8) is 0 Å². The second-order valence-corrected chi connectivity index (χ2v) is 26.4. The molecule has 0 spiro atoms. The Morgan fingerprint density at radius 1 is 0.312 bits per heavy atom. The summed E-state index contributed by atoms with van der Waals surface area (Å²) in [5.74, 6) is -2.50. The van der Waals surface area contributed by atoms with Crippen molar-refractivity contribution in [1.82, 2.24) is 0 Å². The number of hydrogen-bond donors (Lipinski definition) is 3. The summed E-state index contributed by atoms with van der Waals surface area (Å²) in [6.07, 6.45) is 76.3. The van der Waals surface area contributed by atoms with E-state index in [0.29, 0.717) is 25.7 Å². The molecule has 5 unspecified atom stereocenters. The number of rotatable bonds is 66. The first-order valence-electron chi connectivity index (χ1n) is 36.1. The zero-order valence-electron chi connectivity index (χ0n) is 59.2. The van der Waals surface area contributed by atoms with Gasteiger partial charge in [-0.05, 0) is 103 Å². The van der Waals surface area contributed by atoms with Gasteiger partial charge in [0.1, 0.15) is 19.3 Å². The van der Waals surface area contributed by atoms with Crippen LogP contribution in [0.25, 0.3) is 0 Å². The van der Waals surface area contributed by atoms with E-state index in [1.807, 2.05) is 36.5 Å². The van der Waals surface area contributed by atoms with Gasteiger partial charge in [-0.1, -0.05) is 276 Å². The molecule has 5 atom stereocenters. The highest BCUT2D eigenvalue weighted by Crippen LogP contribution is 2.45. The van der Waals surface area contributed by atoms with Crippen molar-refractivity contribution in [2.24, 2.45) is 0 Å². The number of aliphatic hydroxyl groups is 1. The molecule has 0 heterocycles. The van der Waals surface area contributed by atoms with Crippen molar-refractivity contribution in [2.75, 3.05) is 39.6 Å². The molecular weight excluding hydrogens is 1260 g/mol. The van der Waals surface area contributed by atoms with Crippen LogP contribution in [0.4, 0.5) is 0 Å². The molecule has 96 heavy (non-hydrogen) atoms. The topological polar surface area (TPSA) is 237 Å². The van der Waals surface area contributed by atoms with Crippen molar-refractivity contribution in [3.05, 3.63) is 146 Å².